The zero-order valence-electron chi connectivity index (χ0n) is 12.9. The van der Waals surface area contributed by atoms with E-state index in [1.54, 1.807) is 6.07 Å². The summed E-state index contributed by atoms with van der Waals surface area (Å²) in [6, 6.07) is 9.34. The summed E-state index contributed by atoms with van der Waals surface area (Å²) in [5.41, 5.74) is -0.0922. The number of anilines is 3. The molecule has 0 fully saturated rings. The second-order valence-electron chi connectivity index (χ2n) is 5.07. The number of hydrogen-bond donors (Lipinski definition) is 2. The maximum absolute atomic E-state index is 13.7. The molecule has 3 aromatic rings. The van der Waals surface area contributed by atoms with Crippen LogP contribution in [0.4, 0.5) is 26.1 Å². The van der Waals surface area contributed by atoms with E-state index in [0.29, 0.717) is 10.7 Å². The lowest BCUT2D eigenvalue weighted by molar-refractivity contribution is 0.102. The first-order valence-corrected chi connectivity index (χ1v) is 8.00. The van der Waals surface area contributed by atoms with Crippen LogP contribution in [0.2, 0.25) is 10.0 Å². The van der Waals surface area contributed by atoms with Gasteiger partial charge in [0.15, 0.2) is 0 Å². The Morgan fingerprint density at radius 2 is 1.77 bits per heavy atom. The first-order chi connectivity index (χ1) is 12.4. The fourth-order valence-electron chi connectivity index (χ4n) is 2.05. The van der Waals surface area contributed by atoms with Crippen LogP contribution in [-0.2, 0) is 0 Å². The molecule has 5 nitrogen and oxygen atoms in total. The molecule has 9 heteroatoms. The first-order valence-electron chi connectivity index (χ1n) is 7.24. The third kappa shape index (κ3) is 4.07. The van der Waals surface area contributed by atoms with Crippen LogP contribution in [0.25, 0.3) is 0 Å². The highest BCUT2D eigenvalue weighted by Gasteiger charge is 2.14. The van der Waals surface area contributed by atoms with Crippen LogP contribution in [0.5, 0.6) is 0 Å². The van der Waals surface area contributed by atoms with Crippen molar-refractivity contribution in [1.29, 1.82) is 0 Å². The summed E-state index contributed by atoms with van der Waals surface area (Å²) in [7, 11) is 0. The van der Waals surface area contributed by atoms with E-state index in [0.717, 1.165) is 12.1 Å². The average molecular weight is 395 g/mol. The van der Waals surface area contributed by atoms with Gasteiger partial charge < -0.3 is 10.6 Å². The summed E-state index contributed by atoms with van der Waals surface area (Å²) in [4.78, 5) is 20.1. The standard InChI is InChI=1S/C17H10Cl2F2N4O/c18-9-4-5-13(10(19)8-9)23-16(26)14-6-7-22-17(24-14)25-15-11(20)2-1-3-12(15)21/h1-8H,(H,23,26)(H,22,24,25). The molecule has 1 aromatic heterocycles. The number of carbonyl (C=O) groups is 1. The van der Waals surface area contributed by atoms with Gasteiger partial charge in [0.25, 0.3) is 5.91 Å². The van der Waals surface area contributed by atoms with Crippen LogP contribution in [0.3, 0.4) is 0 Å². The maximum Gasteiger partial charge on any atom is 0.274 e. The van der Waals surface area contributed by atoms with E-state index in [1.165, 1.54) is 30.5 Å². The molecule has 132 valence electrons. The normalized spacial score (nSPS) is 10.5. The summed E-state index contributed by atoms with van der Waals surface area (Å²) in [5, 5.41) is 5.68. The second kappa shape index (κ2) is 7.63. The number of benzene rings is 2. The minimum absolute atomic E-state index is 0.0229. The van der Waals surface area contributed by atoms with Crippen molar-refractivity contribution >= 4 is 46.4 Å². The van der Waals surface area contributed by atoms with Crippen molar-refractivity contribution in [3.8, 4) is 0 Å². The lowest BCUT2D eigenvalue weighted by Gasteiger charge is -2.09. The van der Waals surface area contributed by atoms with Crippen molar-refractivity contribution in [2.75, 3.05) is 10.6 Å². The molecule has 0 radical (unpaired) electrons. The average Bonchev–Trinajstić information content (AvgIpc) is 2.61. The number of nitrogens with one attached hydrogen (secondary N) is 2. The lowest BCUT2D eigenvalue weighted by atomic mass is 10.3. The molecule has 0 bridgehead atoms. The second-order valence-corrected chi connectivity index (χ2v) is 5.91. The molecule has 0 saturated carbocycles. The fraction of sp³-hybridized carbons (Fsp3) is 0. The summed E-state index contributed by atoms with van der Waals surface area (Å²) < 4.78 is 27.4. The Balaban J connectivity index is 1.81. The molecule has 0 atom stereocenters. The van der Waals surface area contributed by atoms with Gasteiger partial charge >= 0.3 is 0 Å². The van der Waals surface area contributed by atoms with E-state index in [9.17, 15) is 13.6 Å². The third-order valence-corrected chi connectivity index (χ3v) is 3.81. The molecule has 0 aliphatic carbocycles. The summed E-state index contributed by atoms with van der Waals surface area (Å²) in [5.74, 6) is -2.33. The van der Waals surface area contributed by atoms with Gasteiger partial charge in [-0.25, -0.2) is 18.7 Å². The molecule has 0 aliphatic rings. The summed E-state index contributed by atoms with van der Waals surface area (Å²) in [6.07, 6.45) is 1.28. The van der Waals surface area contributed by atoms with Crippen molar-refractivity contribution in [3.63, 3.8) is 0 Å². The summed E-state index contributed by atoms with van der Waals surface area (Å²) >= 11 is 11.8. The molecule has 1 heterocycles. The van der Waals surface area contributed by atoms with Gasteiger partial charge in [0.05, 0.1) is 10.7 Å². The van der Waals surface area contributed by atoms with Crippen LogP contribution >= 0.6 is 23.2 Å². The molecular formula is C17H10Cl2F2N4O. The van der Waals surface area contributed by atoms with Gasteiger partial charge in [-0.05, 0) is 36.4 Å². The monoisotopic (exact) mass is 394 g/mol. The van der Waals surface area contributed by atoms with E-state index in [4.69, 9.17) is 23.2 Å². The van der Waals surface area contributed by atoms with Crippen molar-refractivity contribution in [2.24, 2.45) is 0 Å². The molecule has 0 aliphatic heterocycles. The van der Waals surface area contributed by atoms with Crippen LogP contribution in [-0.4, -0.2) is 15.9 Å². The minimum atomic E-state index is -0.809. The molecule has 2 N–H and O–H groups in total. The highest BCUT2D eigenvalue weighted by molar-refractivity contribution is 6.36. The van der Waals surface area contributed by atoms with Crippen LogP contribution < -0.4 is 10.6 Å². The van der Waals surface area contributed by atoms with Gasteiger partial charge in [-0.15, -0.1) is 0 Å². The number of carbonyl (C=O) groups excluding carboxylic acids is 1. The minimum Gasteiger partial charge on any atom is -0.319 e. The number of nitrogens with zero attached hydrogens (tertiary/aromatic N) is 2. The zero-order valence-corrected chi connectivity index (χ0v) is 14.4. The predicted molar refractivity (Wildman–Crippen MR) is 96.1 cm³/mol. The highest BCUT2D eigenvalue weighted by Crippen LogP contribution is 2.26. The van der Waals surface area contributed by atoms with Gasteiger partial charge in [0.2, 0.25) is 5.95 Å². The van der Waals surface area contributed by atoms with Crippen LogP contribution in [0, 0.1) is 11.6 Å². The van der Waals surface area contributed by atoms with E-state index in [2.05, 4.69) is 20.6 Å². The first kappa shape index (κ1) is 18.0. The van der Waals surface area contributed by atoms with E-state index >= 15 is 0 Å². The van der Waals surface area contributed by atoms with E-state index < -0.39 is 23.2 Å². The topological polar surface area (TPSA) is 66.9 Å². The molecule has 26 heavy (non-hydrogen) atoms. The Morgan fingerprint density at radius 1 is 1.04 bits per heavy atom. The Bertz CT molecular complexity index is 964. The molecule has 1 amide bonds. The lowest BCUT2D eigenvalue weighted by Crippen LogP contribution is -2.15. The van der Waals surface area contributed by atoms with Crippen LogP contribution in [0.15, 0.2) is 48.7 Å². The number of amides is 1. The zero-order chi connectivity index (χ0) is 18.7. The van der Waals surface area contributed by atoms with Crippen molar-refractivity contribution in [2.45, 2.75) is 0 Å². The quantitative estimate of drug-likeness (QED) is 0.648. The Morgan fingerprint density at radius 3 is 2.46 bits per heavy atom. The number of halogens is 4. The molecular weight excluding hydrogens is 385 g/mol. The summed E-state index contributed by atoms with van der Waals surface area (Å²) in [6.45, 7) is 0. The molecule has 2 aromatic carbocycles. The molecule has 0 unspecified atom stereocenters. The number of rotatable bonds is 4. The molecule has 3 rings (SSSR count). The van der Waals surface area contributed by atoms with Gasteiger partial charge in [0, 0.05) is 11.2 Å². The largest absolute Gasteiger partial charge is 0.319 e. The Kier molecular flexibility index (Phi) is 5.29. The molecule has 0 saturated heterocycles. The van der Waals surface area contributed by atoms with Crippen molar-refractivity contribution < 1.29 is 13.6 Å². The van der Waals surface area contributed by atoms with E-state index in [1.807, 2.05) is 0 Å². The van der Waals surface area contributed by atoms with Gasteiger partial charge in [0.1, 0.15) is 23.0 Å². The predicted octanol–water partition coefficient (Wildman–Crippen LogP) is 5.06. The highest BCUT2D eigenvalue weighted by atomic mass is 35.5. The smallest absolute Gasteiger partial charge is 0.274 e. The van der Waals surface area contributed by atoms with Crippen LogP contribution in [0.1, 0.15) is 10.5 Å². The maximum atomic E-state index is 13.7. The Labute approximate surface area is 157 Å². The van der Waals surface area contributed by atoms with Crippen molar-refractivity contribution in [3.05, 3.63) is 76.0 Å². The Hall–Kier alpha value is -2.77. The number of aromatic nitrogens is 2. The van der Waals surface area contributed by atoms with Gasteiger partial charge in [-0.2, -0.15) is 0 Å². The third-order valence-electron chi connectivity index (χ3n) is 3.27. The van der Waals surface area contributed by atoms with Gasteiger partial charge in [-0.3, -0.25) is 4.79 Å². The number of para-hydroxylation sites is 1. The van der Waals surface area contributed by atoms with Gasteiger partial charge in [-0.1, -0.05) is 29.3 Å². The van der Waals surface area contributed by atoms with Crippen molar-refractivity contribution in [1.82, 2.24) is 9.97 Å². The fourth-order valence-corrected chi connectivity index (χ4v) is 2.51. The SMILES string of the molecule is O=C(Nc1ccc(Cl)cc1Cl)c1ccnc(Nc2c(F)cccc2F)n1. The van der Waals surface area contributed by atoms with E-state index in [-0.39, 0.29) is 16.7 Å². The molecule has 0 spiro atoms. The number of hydrogen-bond acceptors (Lipinski definition) is 4.